The predicted octanol–water partition coefficient (Wildman–Crippen LogP) is 0.202. The van der Waals surface area contributed by atoms with Crippen LogP contribution in [0.15, 0.2) is 0 Å². The molecule has 0 spiro atoms. The Morgan fingerprint density at radius 1 is 1.27 bits per heavy atom. The van der Waals surface area contributed by atoms with Gasteiger partial charge < -0.3 is 14.7 Å². The van der Waals surface area contributed by atoms with Gasteiger partial charge in [-0.05, 0) is 33.0 Å². The Morgan fingerprint density at radius 2 is 1.80 bits per heavy atom. The monoisotopic (exact) mass is 215 g/mol. The quantitative estimate of drug-likeness (QED) is 0.667. The lowest BCUT2D eigenvalue weighted by Gasteiger charge is -2.17. The van der Waals surface area contributed by atoms with E-state index in [0.717, 1.165) is 6.54 Å². The van der Waals surface area contributed by atoms with Crippen LogP contribution in [-0.4, -0.2) is 49.2 Å². The van der Waals surface area contributed by atoms with Gasteiger partial charge in [0.15, 0.2) is 0 Å². The molecule has 0 amide bonds. The van der Waals surface area contributed by atoms with Crippen molar-refractivity contribution in [1.82, 2.24) is 4.90 Å². The van der Waals surface area contributed by atoms with Crippen LogP contribution in [0.2, 0.25) is 0 Å². The van der Waals surface area contributed by atoms with Crippen molar-refractivity contribution in [3.63, 3.8) is 0 Å². The van der Waals surface area contributed by atoms with E-state index in [1.807, 2.05) is 11.9 Å². The summed E-state index contributed by atoms with van der Waals surface area (Å²) in [4.78, 5) is 24.5. The van der Waals surface area contributed by atoms with Crippen molar-refractivity contribution in [1.29, 1.82) is 0 Å². The Bertz CT molecular complexity index is 254. The van der Waals surface area contributed by atoms with E-state index in [-0.39, 0.29) is 0 Å². The normalized spacial score (nSPS) is 28.1. The first-order valence-corrected chi connectivity index (χ1v) is 5.05. The van der Waals surface area contributed by atoms with Crippen LogP contribution in [-0.2, 0) is 14.3 Å². The summed E-state index contributed by atoms with van der Waals surface area (Å²) in [6.45, 7) is 1.45. The van der Waals surface area contributed by atoms with Crippen LogP contribution in [0.5, 0.6) is 0 Å². The van der Waals surface area contributed by atoms with E-state index in [4.69, 9.17) is 5.11 Å². The summed E-state index contributed by atoms with van der Waals surface area (Å²) in [5.74, 6) is -2.42. The topological polar surface area (TPSA) is 66.8 Å². The summed E-state index contributed by atoms with van der Waals surface area (Å²) in [6.07, 6.45) is 1.06. The number of hydrogen-bond acceptors (Lipinski definition) is 4. The minimum absolute atomic E-state index is 0.405. The number of methoxy groups -OCH3 is 1. The molecule has 1 saturated heterocycles. The van der Waals surface area contributed by atoms with E-state index < -0.39 is 23.8 Å². The van der Waals surface area contributed by atoms with Crippen LogP contribution in [0.3, 0.4) is 0 Å². The molecule has 15 heavy (non-hydrogen) atoms. The lowest BCUT2D eigenvalue weighted by molar-refractivity contribution is -0.155. The fourth-order valence-corrected chi connectivity index (χ4v) is 1.96. The van der Waals surface area contributed by atoms with Crippen LogP contribution in [0, 0.1) is 11.8 Å². The number of carboxylic acid groups (broad SMARTS) is 1. The van der Waals surface area contributed by atoms with Crippen molar-refractivity contribution in [3.05, 3.63) is 0 Å². The van der Waals surface area contributed by atoms with Gasteiger partial charge in [0.05, 0.1) is 18.9 Å². The van der Waals surface area contributed by atoms with Gasteiger partial charge in [-0.2, -0.15) is 0 Å². The second-order valence-corrected chi connectivity index (χ2v) is 3.96. The zero-order valence-corrected chi connectivity index (χ0v) is 9.10. The van der Waals surface area contributed by atoms with Gasteiger partial charge >= 0.3 is 11.9 Å². The van der Waals surface area contributed by atoms with Crippen molar-refractivity contribution in [3.8, 4) is 0 Å². The Kier molecular flexibility index (Phi) is 4.08. The van der Waals surface area contributed by atoms with E-state index in [1.165, 1.54) is 7.11 Å². The summed E-state index contributed by atoms with van der Waals surface area (Å²) in [7, 11) is 3.23. The van der Waals surface area contributed by atoms with E-state index in [1.54, 1.807) is 0 Å². The van der Waals surface area contributed by atoms with E-state index in [0.29, 0.717) is 19.4 Å². The third-order valence-corrected chi connectivity index (χ3v) is 2.95. The van der Waals surface area contributed by atoms with Gasteiger partial charge in [-0.3, -0.25) is 9.59 Å². The van der Waals surface area contributed by atoms with E-state index in [2.05, 4.69) is 4.74 Å². The molecule has 1 aliphatic heterocycles. The minimum atomic E-state index is -0.902. The van der Waals surface area contributed by atoms with Gasteiger partial charge in [0.1, 0.15) is 0 Å². The molecule has 0 saturated carbocycles. The maximum atomic E-state index is 11.4. The first kappa shape index (κ1) is 12.0. The zero-order chi connectivity index (χ0) is 11.4. The van der Waals surface area contributed by atoms with Crippen LogP contribution in [0.4, 0.5) is 0 Å². The molecular formula is C10H17NO4. The zero-order valence-electron chi connectivity index (χ0n) is 9.10. The summed E-state index contributed by atoms with van der Waals surface area (Å²) in [5, 5.41) is 9.04. The van der Waals surface area contributed by atoms with Crippen LogP contribution < -0.4 is 0 Å². The van der Waals surface area contributed by atoms with E-state index in [9.17, 15) is 9.59 Å². The molecule has 86 valence electrons. The average Bonchev–Trinajstić information content (AvgIpc) is 2.39. The number of esters is 1. The minimum Gasteiger partial charge on any atom is -0.481 e. The molecule has 1 heterocycles. The first-order chi connectivity index (χ1) is 7.06. The highest BCUT2D eigenvalue weighted by Gasteiger charge is 2.36. The van der Waals surface area contributed by atoms with Crippen LogP contribution in [0.1, 0.15) is 12.8 Å². The van der Waals surface area contributed by atoms with Crippen molar-refractivity contribution < 1.29 is 19.4 Å². The largest absolute Gasteiger partial charge is 0.481 e. The van der Waals surface area contributed by atoms with Gasteiger partial charge in [-0.1, -0.05) is 0 Å². The molecular weight excluding hydrogens is 198 g/mol. The van der Waals surface area contributed by atoms with Gasteiger partial charge in [0.25, 0.3) is 0 Å². The van der Waals surface area contributed by atoms with E-state index >= 15 is 0 Å². The average molecular weight is 215 g/mol. The molecule has 2 atom stereocenters. The number of aliphatic carboxylic acids is 1. The molecule has 0 aromatic heterocycles. The number of carbonyl (C=O) groups excluding carboxylic acids is 1. The van der Waals surface area contributed by atoms with Crippen molar-refractivity contribution >= 4 is 11.9 Å². The molecule has 0 aliphatic carbocycles. The molecule has 5 heteroatoms. The SMILES string of the molecule is COC(=O)C1CCN(C)CCC1C(=O)O. The number of nitrogens with zero attached hydrogens (tertiary/aromatic N) is 1. The number of likely N-dealkylation sites (tertiary alicyclic amines) is 1. The lowest BCUT2D eigenvalue weighted by atomic mass is 9.88. The van der Waals surface area contributed by atoms with Crippen LogP contribution in [0.25, 0.3) is 0 Å². The molecule has 5 nitrogen and oxygen atoms in total. The van der Waals surface area contributed by atoms with Gasteiger partial charge in [-0.25, -0.2) is 0 Å². The maximum absolute atomic E-state index is 11.4. The van der Waals surface area contributed by atoms with Crippen molar-refractivity contribution in [2.45, 2.75) is 12.8 Å². The second-order valence-electron chi connectivity index (χ2n) is 3.96. The Hall–Kier alpha value is -1.10. The molecule has 0 aromatic rings. The second kappa shape index (κ2) is 5.11. The summed E-state index contributed by atoms with van der Waals surface area (Å²) in [5.41, 5.74) is 0. The molecule has 1 aliphatic rings. The number of hydrogen-bond donors (Lipinski definition) is 1. The van der Waals surface area contributed by atoms with Crippen LogP contribution >= 0.6 is 0 Å². The van der Waals surface area contributed by atoms with Gasteiger partial charge in [-0.15, -0.1) is 0 Å². The van der Waals surface area contributed by atoms with Crippen molar-refractivity contribution in [2.24, 2.45) is 11.8 Å². The Balaban J connectivity index is 2.77. The molecule has 1 fully saturated rings. The number of carboxylic acids is 1. The summed E-state index contributed by atoms with van der Waals surface area (Å²) >= 11 is 0. The highest BCUT2D eigenvalue weighted by Crippen LogP contribution is 2.25. The molecule has 0 radical (unpaired) electrons. The molecule has 1 rings (SSSR count). The van der Waals surface area contributed by atoms with Crippen molar-refractivity contribution in [2.75, 3.05) is 27.2 Å². The number of carbonyl (C=O) groups is 2. The Morgan fingerprint density at radius 3 is 2.27 bits per heavy atom. The molecule has 1 N–H and O–H groups in total. The summed E-state index contributed by atoms with van der Waals surface area (Å²) < 4.78 is 4.64. The first-order valence-electron chi connectivity index (χ1n) is 5.05. The fraction of sp³-hybridized carbons (Fsp3) is 0.800. The molecule has 2 unspecified atom stereocenters. The highest BCUT2D eigenvalue weighted by atomic mass is 16.5. The fourth-order valence-electron chi connectivity index (χ4n) is 1.96. The number of rotatable bonds is 2. The molecule has 0 bridgehead atoms. The third-order valence-electron chi connectivity index (χ3n) is 2.95. The smallest absolute Gasteiger partial charge is 0.309 e. The van der Waals surface area contributed by atoms with Gasteiger partial charge in [0.2, 0.25) is 0 Å². The summed E-state index contributed by atoms with van der Waals surface area (Å²) in [6, 6.07) is 0. The maximum Gasteiger partial charge on any atom is 0.309 e. The number of ether oxygens (including phenoxy) is 1. The van der Waals surface area contributed by atoms with Gasteiger partial charge in [0, 0.05) is 0 Å². The standard InChI is InChI=1S/C10H17NO4/c1-11-5-3-7(9(12)13)8(4-6-11)10(14)15-2/h7-8H,3-6H2,1-2H3,(H,12,13). The molecule has 0 aromatic carbocycles. The predicted molar refractivity (Wildman–Crippen MR) is 53.4 cm³/mol. The third kappa shape index (κ3) is 2.92. The highest BCUT2D eigenvalue weighted by molar-refractivity contribution is 5.81. The lowest BCUT2D eigenvalue weighted by Crippen LogP contribution is -2.30. The Labute approximate surface area is 89.0 Å².